The first-order chi connectivity index (χ1) is 18.7. The standard InChI is InChI=1S/C32H46N4O4/c1-31(2,3)35-29(39)23-15-13-17-25(21-23)33-27(37)19-11-9-7-8-10-12-20-28(38)34-26-18-14-16-24(22-26)30(40)36-32(4,5)6/h13-18,21-22H,7-12,19-20H2,1-6H3,(H,33,37)(H,34,38)(H,35,39)(H,36,40). The van der Waals surface area contributed by atoms with Gasteiger partial charge in [0, 0.05) is 46.4 Å². The van der Waals surface area contributed by atoms with Gasteiger partial charge in [0.25, 0.3) is 11.8 Å². The minimum atomic E-state index is -0.332. The molecule has 2 aromatic rings. The molecule has 0 heterocycles. The first-order valence-corrected chi connectivity index (χ1v) is 14.2. The van der Waals surface area contributed by atoms with Crippen LogP contribution >= 0.6 is 0 Å². The van der Waals surface area contributed by atoms with Gasteiger partial charge in [-0.15, -0.1) is 0 Å². The third kappa shape index (κ3) is 13.4. The maximum absolute atomic E-state index is 12.3. The van der Waals surface area contributed by atoms with Gasteiger partial charge < -0.3 is 21.3 Å². The minimum Gasteiger partial charge on any atom is -0.347 e. The van der Waals surface area contributed by atoms with E-state index in [2.05, 4.69) is 21.3 Å². The van der Waals surface area contributed by atoms with Gasteiger partial charge in [0.2, 0.25) is 11.8 Å². The van der Waals surface area contributed by atoms with E-state index in [4.69, 9.17) is 0 Å². The smallest absolute Gasteiger partial charge is 0.251 e. The molecule has 0 aliphatic rings. The van der Waals surface area contributed by atoms with Crippen LogP contribution in [0.25, 0.3) is 0 Å². The van der Waals surface area contributed by atoms with Gasteiger partial charge in [0.05, 0.1) is 0 Å². The molecule has 0 saturated heterocycles. The zero-order chi connectivity index (χ0) is 29.8. The molecule has 8 nitrogen and oxygen atoms in total. The third-order valence-corrected chi connectivity index (χ3v) is 5.85. The Morgan fingerprint density at radius 1 is 0.550 bits per heavy atom. The fraction of sp³-hybridized carbons (Fsp3) is 0.500. The van der Waals surface area contributed by atoms with Crippen molar-refractivity contribution in [1.29, 1.82) is 0 Å². The molecule has 0 bridgehead atoms. The molecule has 0 aromatic heterocycles. The van der Waals surface area contributed by atoms with Crippen LogP contribution in [-0.2, 0) is 9.59 Å². The number of hydrogen-bond acceptors (Lipinski definition) is 4. The maximum Gasteiger partial charge on any atom is 0.251 e. The van der Waals surface area contributed by atoms with E-state index < -0.39 is 0 Å². The topological polar surface area (TPSA) is 116 Å². The fourth-order valence-electron chi connectivity index (χ4n) is 4.03. The normalized spacial score (nSPS) is 11.4. The number of unbranched alkanes of at least 4 members (excludes halogenated alkanes) is 5. The summed E-state index contributed by atoms with van der Waals surface area (Å²) in [7, 11) is 0. The maximum atomic E-state index is 12.3. The molecule has 0 aliphatic heterocycles. The molecule has 4 N–H and O–H groups in total. The molecular weight excluding hydrogens is 504 g/mol. The van der Waals surface area contributed by atoms with Crippen molar-refractivity contribution in [2.45, 2.75) is 104 Å². The summed E-state index contributed by atoms with van der Waals surface area (Å²) in [5.41, 5.74) is 1.59. The molecule has 40 heavy (non-hydrogen) atoms. The summed E-state index contributed by atoms with van der Waals surface area (Å²) in [5, 5.41) is 11.6. The predicted molar refractivity (Wildman–Crippen MR) is 162 cm³/mol. The lowest BCUT2D eigenvalue weighted by molar-refractivity contribution is -0.117. The monoisotopic (exact) mass is 550 g/mol. The van der Waals surface area contributed by atoms with Crippen LogP contribution in [0.15, 0.2) is 48.5 Å². The van der Waals surface area contributed by atoms with E-state index in [0.717, 1.165) is 38.5 Å². The van der Waals surface area contributed by atoms with E-state index in [9.17, 15) is 19.2 Å². The molecule has 0 fully saturated rings. The van der Waals surface area contributed by atoms with E-state index in [1.165, 1.54) is 0 Å². The second-order valence-corrected chi connectivity index (χ2v) is 12.3. The van der Waals surface area contributed by atoms with Crippen molar-refractivity contribution >= 4 is 35.0 Å². The van der Waals surface area contributed by atoms with Gasteiger partial charge in [0.15, 0.2) is 0 Å². The molecule has 0 spiro atoms. The van der Waals surface area contributed by atoms with Crippen LogP contribution in [0.4, 0.5) is 11.4 Å². The van der Waals surface area contributed by atoms with Crippen LogP contribution in [0.2, 0.25) is 0 Å². The predicted octanol–water partition coefficient (Wildman–Crippen LogP) is 6.44. The van der Waals surface area contributed by atoms with Crippen LogP contribution in [0, 0.1) is 0 Å². The number of carbonyl (C=O) groups excluding carboxylic acids is 4. The summed E-state index contributed by atoms with van der Waals surface area (Å²) in [6, 6.07) is 13.9. The summed E-state index contributed by atoms with van der Waals surface area (Å²) in [6.45, 7) is 11.5. The Morgan fingerprint density at radius 3 is 1.25 bits per heavy atom. The molecule has 0 radical (unpaired) electrons. The molecule has 2 rings (SSSR count). The Balaban J connectivity index is 1.60. The molecule has 4 amide bonds. The van der Waals surface area contributed by atoms with E-state index in [-0.39, 0.29) is 34.7 Å². The summed E-state index contributed by atoms with van der Waals surface area (Å²) in [6.07, 6.45) is 6.31. The van der Waals surface area contributed by atoms with Crippen LogP contribution in [0.3, 0.4) is 0 Å². The van der Waals surface area contributed by atoms with Crippen molar-refractivity contribution < 1.29 is 19.2 Å². The second-order valence-electron chi connectivity index (χ2n) is 12.3. The lowest BCUT2D eigenvalue weighted by Gasteiger charge is -2.20. The fourth-order valence-corrected chi connectivity index (χ4v) is 4.03. The quantitative estimate of drug-likeness (QED) is 0.215. The van der Waals surface area contributed by atoms with Crippen molar-refractivity contribution in [3.05, 3.63) is 59.7 Å². The van der Waals surface area contributed by atoms with Crippen molar-refractivity contribution in [3.8, 4) is 0 Å². The number of amides is 4. The zero-order valence-corrected chi connectivity index (χ0v) is 24.9. The van der Waals surface area contributed by atoms with Crippen molar-refractivity contribution in [3.63, 3.8) is 0 Å². The molecule has 8 heteroatoms. The Bertz CT molecular complexity index is 1070. The lowest BCUT2D eigenvalue weighted by atomic mass is 10.1. The highest BCUT2D eigenvalue weighted by atomic mass is 16.2. The van der Waals surface area contributed by atoms with Gasteiger partial charge in [-0.05, 0) is 90.8 Å². The lowest BCUT2D eigenvalue weighted by Crippen LogP contribution is -2.40. The van der Waals surface area contributed by atoms with E-state index in [1.54, 1.807) is 48.5 Å². The first-order valence-electron chi connectivity index (χ1n) is 14.2. The number of hydrogen-bond donors (Lipinski definition) is 4. The largest absolute Gasteiger partial charge is 0.347 e. The second kappa shape index (κ2) is 15.2. The Hall–Kier alpha value is -3.68. The zero-order valence-electron chi connectivity index (χ0n) is 24.9. The average Bonchev–Trinajstić information content (AvgIpc) is 2.84. The van der Waals surface area contributed by atoms with Crippen LogP contribution in [-0.4, -0.2) is 34.7 Å². The molecule has 0 saturated carbocycles. The number of carbonyl (C=O) groups is 4. The molecule has 2 aromatic carbocycles. The number of benzene rings is 2. The number of anilines is 2. The SMILES string of the molecule is CC(C)(C)NC(=O)c1cccc(NC(=O)CCCCCCCCC(=O)Nc2cccc(C(=O)NC(C)(C)C)c2)c1. The molecule has 0 aliphatic carbocycles. The molecule has 218 valence electrons. The highest BCUT2D eigenvalue weighted by molar-refractivity contribution is 5.98. The van der Waals surface area contributed by atoms with Gasteiger partial charge in [-0.3, -0.25) is 19.2 Å². The Morgan fingerprint density at radius 2 is 0.900 bits per heavy atom. The Kier molecular flexibility index (Phi) is 12.4. The van der Waals surface area contributed by atoms with E-state index >= 15 is 0 Å². The van der Waals surface area contributed by atoms with Gasteiger partial charge >= 0.3 is 0 Å². The van der Waals surface area contributed by atoms with Crippen molar-refractivity contribution in [2.75, 3.05) is 10.6 Å². The average molecular weight is 551 g/mol. The van der Waals surface area contributed by atoms with Crippen LogP contribution in [0.1, 0.15) is 114 Å². The molecule has 0 atom stereocenters. The summed E-state index contributed by atoms with van der Waals surface area (Å²) in [4.78, 5) is 49.3. The van der Waals surface area contributed by atoms with E-state index in [0.29, 0.717) is 35.3 Å². The van der Waals surface area contributed by atoms with E-state index in [1.807, 2.05) is 41.5 Å². The molecular formula is C32H46N4O4. The van der Waals surface area contributed by atoms with Crippen LogP contribution < -0.4 is 21.3 Å². The highest BCUT2D eigenvalue weighted by Gasteiger charge is 2.17. The van der Waals surface area contributed by atoms with Crippen molar-refractivity contribution in [1.82, 2.24) is 10.6 Å². The Labute approximate surface area is 239 Å². The van der Waals surface area contributed by atoms with Gasteiger partial charge in [-0.2, -0.15) is 0 Å². The van der Waals surface area contributed by atoms with Crippen molar-refractivity contribution in [2.24, 2.45) is 0 Å². The van der Waals surface area contributed by atoms with Gasteiger partial charge in [-0.1, -0.05) is 37.8 Å². The number of nitrogens with one attached hydrogen (secondary N) is 4. The van der Waals surface area contributed by atoms with Gasteiger partial charge in [0.1, 0.15) is 0 Å². The summed E-state index contributed by atoms with van der Waals surface area (Å²) < 4.78 is 0. The highest BCUT2D eigenvalue weighted by Crippen LogP contribution is 2.16. The van der Waals surface area contributed by atoms with Crippen LogP contribution in [0.5, 0.6) is 0 Å². The summed E-state index contributed by atoms with van der Waals surface area (Å²) >= 11 is 0. The number of rotatable bonds is 13. The molecule has 0 unspecified atom stereocenters. The van der Waals surface area contributed by atoms with Gasteiger partial charge in [-0.25, -0.2) is 0 Å². The first kappa shape index (κ1) is 32.5. The summed E-state index contributed by atoms with van der Waals surface area (Å²) in [5.74, 6) is -0.470. The third-order valence-electron chi connectivity index (χ3n) is 5.85. The minimum absolute atomic E-state index is 0.0648.